The standard InChI is InChI=1S/C9H19NS/c1-8(2)7-9(3)10-5-4-6-11-9/h8,10H,4-7H2,1-3H3. The van der Waals surface area contributed by atoms with E-state index in [1.807, 2.05) is 0 Å². The topological polar surface area (TPSA) is 12.0 Å². The highest BCUT2D eigenvalue weighted by Gasteiger charge is 2.27. The molecule has 66 valence electrons. The maximum absolute atomic E-state index is 3.59. The summed E-state index contributed by atoms with van der Waals surface area (Å²) in [6, 6.07) is 0. The van der Waals surface area contributed by atoms with E-state index in [-0.39, 0.29) is 0 Å². The zero-order chi connectivity index (χ0) is 8.32. The molecule has 1 saturated heterocycles. The minimum Gasteiger partial charge on any atom is -0.303 e. The molecule has 1 rings (SSSR count). The number of thioether (sulfide) groups is 1. The van der Waals surface area contributed by atoms with Crippen LogP contribution in [-0.2, 0) is 0 Å². The molecule has 1 aliphatic heterocycles. The van der Waals surface area contributed by atoms with E-state index in [9.17, 15) is 0 Å². The van der Waals surface area contributed by atoms with Crippen LogP contribution < -0.4 is 5.32 Å². The molecule has 0 aromatic heterocycles. The summed E-state index contributed by atoms with van der Waals surface area (Å²) in [5.41, 5.74) is 0. The van der Waals surface area contributed by atoms with E-state index < -0.39 is 0 Å². The molecule has 0 aromatic rings. The average Bonchev–Trinajstić information content (AvgIpc) is 1.85. The third-order valence-electron chi connectivity index (χ3n) is 2.04. The molecule has 1 aliphatic rings. The Balaban J connectivity index is 2.37. The van der Waals surface area contributed by atoms with Crippen LogP contribution in [0.15, 0.2) is 0 Å². The first-order chi connectivity index (χ1) is 5.12. The van der Waals surface area contributed by atoms with E-state index in [1.54, 1.807) is 0 Å². The Morgan fingerprint density at radius 3 is 2.73 bits per heavy atom. The van der Waals surface area contributed by atoms with Crippen LogP contribution in [0, 0.1) is 5.92 Å². The Labute approximate surface area is 74.3 Å². The maximum Gasteiger partial charge on any atom is 0.0619 e. The molecule has 0 radical (unpaired) electrons. The molecule has 1 nitrogen and oxygen atoms in total. The van der Waals surface area contributed by atoms with Gasteiger partial charge < -0.3 is 5.32 Å². The van der Waals surface area contributed by atoms with Crippen molar-refractivity contribution in [3.8, 4) is 0 Å². The Hall–Kier alpha value is 0.310. The molecule has 0 amide bonds. The SMILES string of the molecule is CC(C)CC1(C)NCCCS1. The fourth-order valence-corrected chi connectivity index (χ4v) is 3.08. The van der Waals surface area contributed by atoms with Crippen molar-refractivity contribution >= 4 is 11.8 Å². The van der Waals surface area contributed by atoms with Crippen molar-refractivity contribution < 1.29 is 0 Å². The molecule has 11 heavy (non-hydrogen) atoms. The lowest BCUT2D eigenvalue weighted by atomic mass is 10.0. The first-order valence-corrected chi connectivity index (χ1v) is 5.50. The number of nitrogens with one attached hydrogen (secondary N) is 1. The second kappa shape index (κ2) is 3.81. The second-order valence-corrected chi connectivity index (χ2v) is 5.56. The quantitative estimate of drug-likeness (QED) is 0.688. The first kappa shape index (κ1) is 9.40. The van der Waals surface area contributed by atoms with E-state index in [0.717, 1.165) is 5.92 Å². The predicted molar refractivity (Wildman–Crippen MR) is 52.9 cm³/mol. The van der Waals surface area contributed by atoms with Gasteiger partial charge in [-0.2, -0.15) is 0 Å². The lowest BCUT2D eigenvalue weighted by Crippen LogP contribution is -2.44. The lowest BCUT2D eigenvalue weighted by molar-refractivity contribution is 0.398. The highest BCUT2D eigenvalue weighted by atomic mass is 32.2. The van der Waals surface area contributed by atoms with Crippen molar-refractivity contribution in [3.63, 3.8) is 0 Å². The summed E-state index contributed by atoms with van der Waals surface area (Å²) < 4.78 is 0. The average molecular weight is 173 g/mol. The fraction of sp³-hybridized carbons (Fsp3) is 1.00. The Bertz CT molecular complexity index is 117. The molecule has 0 saturated carbocycles. The van der Waals surface area contributed by atoms with Gasteiger partial charge in [0.05, 0.1) is 4.87 Å². The zero-order valence-electron chi connectivity index (χ0n) is 7.81. The third kappa shape index (κ3) is 3.04. The van der Waals surface area contributed by atoms with Crippen molar-refractivity contribution in [1.82, 2.24) is 5.32 Å². The van der Waals surface area contributed by atoms with Crippen LogP contribution in [0.1, 0.15) is 33.6 Å². The normalized spacial score (nSPS) is 32.7. The maximum atomic E-state index is 3.59. The Morgan fingerprint density at radius 2 is 2.27 bits per heavy atom. The summed E-state index contributed by atoms with van der Waals surface area (Å²) >= 11 is 2.08. The van der Waals surface area contributed by atoms with Crippen molar-refractivity contribution in [2.75, 3.05) is 12.3 Å². The van der Waals surface area contributed by atoms with Crippen LogP contribution in [0.4, 0.5) is 0 Å². The van der Waals surface area contributed by atoms with Crippen LogP contribution in [0.2, 0.25) is 0 Å². The van der Waals surface area contributed by atoms with Crippen LogP contribution in [0.3, 0.4) is 0 Å². The molecule has 1 N–H and O–H groups in total. The van der Waals surface area contributed by atoms with Gasteiger partial charge in [-0.15, -0.1) is 11.8 Å². The van der Waals surface area contributed by atoms with Gasteiger partial charge in [-0.1, -0.05) is 13.8 Å². The lowest BCUT2D eigenvalue weighted by Gasteiger charge is -2.35. The molecule has 0 spiro atoms. The molecular weight excluding hydrogens is 154 g/mol. The van der Waals surface area contributed by atoms with Crippen molar-refractivity contribution in [2.45, 2.75) is 38.5 Å². The Kier molecular flexibility index (Phi) is 3.26. The minimum absolute atomic E-state index is 0.367. The van der Waals surface area contributed by atoms with Crippen molar-refractivity contribution in [2.24, 2.45) is 5.92 Å². The molecule has 0 aromatic carbocycles. The Morgan fingerprint density at radius 1 is 1.55 bits per heavy atom. The smallest absolute Gasteiger partial charge is 0.0619 e. The van der Waals surface area contributed by atoms with Crippen LogP contribution in [0.25, 0.3) is 0 Å². The van der Waals surface area contributed by atoms with Crippen LogP contribution in [-0.4, -0.2) is 17.2 Å². The highest BCUT2D eigenvalue weighted by molar-refractivity contribution is 8.00. The van der Waals surface area contributed by atoms with Crippen molar-refractivity contribution in [3.05, 3.63) is 0 Å². The largest absolute Gasteiger partial charge is 0.303 e. The number of hydrogen-bond donors (Lipinski definition) is 1. The van der Waals surface area contributed by atoms with Crippen LogP contribution >= 0.6 is 11.8 Å². The van der Waals surface area contributed by atoms with Gasteiger partial charge in [-0.3, -0.25) is 0 Å². The first-order valence-electron chi connectivity index (χ1n) is 4.51. The molecule has 1 atom stereocenters. The van der Waals surface area contributed by atoms with E-state index >= 15 is 0 Å². The third-order valence-corrected chi connectivity index (χ3v) is 3.48. The van der Waals surface area contributed by atoms with E-state index in [2.05, 4.69) is 37.8 Å². The van der Waals surface area contributed by atoms with Gasteiger partial charge in [0, 0.05) is 0 Å². The molecule has 0 bridgehead atoms. The summed E-state index contributed by atoms with van der Waals surface area (Å²) in [6.45, 7) is 8.12. The van der Waals surface area contributed by atoms with E-state index in [0.29, 0.717) is 4.87 Å². The van der Waals surface area contributed by atoms with Gasteiger partial charge >= 0.3 is 0 Å². The van der Waals surface area contributed by atoms with Gasteiger partial charge in [0.2, 0.25) is 0 Å². The molecular formula is C9H19NS. The summed E-state index contributed by atoms with van der Waals surface area (Å²) in [5.74, 6) is 2.13. The molecule has 1 unspecified atom stereocenters. The molecule has 1 heterocycles. The van der Waals surface area contributed by atoms with Gasteiger partial charge in [0.15, 0.2) is 0 Å². The van der Waals surface area contributed by atoms with Gasteiger partial charge in [0.25, 0.3) is 0 Å². The summed E-state index contributed by atoms with van der Waals surface area (Å²) in [7, 11) is 0. The fourth-order valence-electron chi connectivity index (χ4n) is 1.68. The van der Waals surface area contributed by atoms with Gasteiger partial charge in [-0.25, -0.2) is 0 Å². The zero-order valence-corrected chi connectivity index (χ0v) is 8.63. The van der Waals surface area contributed by atoms with E-state index in [4.69, 9.17) is 0 Å². The van der Waals surface area contributed by atoms with Gasteiger partial charge in [-0.05, 0) is 38.0 Å². The minimum atomic E-state index is 0.367. The second-order valence-electron chi connectivity index (χ2n) is 3.96. The summed E-state index contributed by atoms with van der Waals surface area (Å²) in [5, 5.41) is 3.59. The van der Waals surface area contributed by atoms with Gasteiger partial charge in [0.1, 0.15) is 0 Å². The number of hydrogen-bond acceptors (Lipinski definition) is 2. The van der Waals surface area contributed by atoms with Crippen LogP contribution in [0.5, 0.6) is 0 Å². The van der Waals surface area contributed by atoms with Crippen molar-refractivity contribution in [1.29, 1.82) is 0 Å². The summed E-state index contributed by atoms with van der Waals surface area (Å²) in [4.78, 5) is 0.367. The number of rotatable bonds is 2. The summed E-state index contributed by atoms with van der Waals surface area (Å²) in [6.07, 6.45) is 2.62. The molecule has 2 heteroatoms. The molecule has 1 fully saturated rings. The monoisotopic (exact) mass is 173 g/mol. The predicted octanol–water partition coefficient (Wildman–Crippen LogP) is 2.48. The molecule has 0 aliphatic carbocycles. The highest BCUT2D eigenvalue weighted by Crippen LogP contribution is 2.31. The van der Waals surface area contributed by atoms with E-state index in [1.165, 1.54) is 25.1 Å².